The van der Waals surface area contributed by atoms with Gasteiger partial charge in [-0.15, -0.1) is 0 Å². The van der Waals surface area contributed by atoms with Crippen LogP contribution in [0.3, 0.4) is 0 Å². The molecule has 0 rings (SSSR count). The largest absolute Gasteiger partial charge is 0.470 e. The molecule has 0 saturated carbocycles. The van der Waals surface area contributed by atoms with E-state index in [-0.39, 0.29) is 5.41 Å². The van der Waals surface area contributed by atoms with Gasteiger partial charge in [0.2, 0.25) is 0 Å². The van der Waals surface area contributed by atoms with E-state index in [1.165, 1.54) is 0 Å². The van der Waals surface area contributed by atoms with E-state index in [4.69, 9.17) is 4.52 Å². The highest BCUT2D eigenvalue weighted by Gasteiger charge is 2.47. The molecule has 0 fully saturated rings. The maximum Gasteiger partial charge on any atom is 0.470 e. The van der Waals surface area contributed by atoms with Gasteiger partial charge in [0, 0.05) is 0 Å². The van der Waals surface area contributed by atoms with E-state index in [0.29, 0.717) is 12.8 Å². The summed E-state index contributed by atoms with van der Waals surface area (Å²) in [4.78, 5) is 18.7. The van der Waals surface area contributed by atoms with Crippen LogP contribution in [0.2, 0.25) is 0 Å². The van der Waals surface area contributed by atoms with Crippen LogP contribution in [0.25, 0.3) is 0 Å². The third kappa shape index (κ3) is 7.27. The molecule has 2 N–H and O–H groups in total. The van der Waals surface area contributed by atoms with E-state index in [1.54, 1.807) is 0 Å². The lowest BCUT2D eigenvalue weighted by molar-refractivity contribution is -0.0765. The third-order valence-corrected chi connectivity index (χ3v) is 5.27. The number of rotatable bonds is 12. The quantitative estimate of drug-likeness (QED) is 0.371. The van der Waals surface area contributed by atoms with Crippen LogP contribution >= 0.6 is 7.82 Å². The zero-order chi connectivity index (χ0) is 16.6. The van der Waals surface area contributed by atoms with E-state index < -0.39 is 13.4 Å². The maximum atomic E-state index is 11.5. The summed E-state index contributed by atoms with van der Waals surface area (Å²) in [5.41, 5.74) is -0.985. The smallest absolute Gasteiger partial charge is 0.303 e. The molecule has 0 aliphatic heterocycles. The first-order valence-corrected chi connectivity index (χ1v) is 9.93. The fourth-order valence-electron chi connectivity index (χ4n) is 3.16. The summed E-state index contributed by atoms with van der Waals surface area (Å²) in [6, 6.07) is 0. The topological polar surface area (TPSA) is 66.8 Å². The summed E-state index contributed by atoms with van der Waals surface area (Å²) >= 11 is 0. The van der Waals surface area contributed by atoms with E-state index in [0.717, 1.165) is 44.9 Å². The van der Waals surface area contributed by atoms with Gasteiger partial charge in [0.1, 0.15) is 0 Å². The Bertz CT molecular complexity index is 324. The standard InChI is InChI=1S/C16H35O4P/c1-6-9-11-13-15(4,5)16(8-3,14-12-10-7-2)20-21(17,18)19/h6-14H2,1-5H3,(H2,17,18,19). The van der Waals surface area contributed by atoms with Gasteiger partial charge in [-0.2, -0.15) is 0 Å². The molecule has 0 aliphatic carbocycles. The van der Waals surface area contributed by atoms with Gasteiger partial charge in [-0.25, -0.2) is 4.57 Å². The molecule has 5 heteroatoms. The van der Waals surface area contributed by atoms with Crippen molar-refractivity contribution >= 4 is 7.82 Å². The van der Waals surface area contributed by atoms with Gasteiger partial charge in [0.25, 0.3) is 0 Å². The third-order valence-electron chi connectivity index (χ3n) is 4.69. The van der Waals surface area contributed by atoms with Gasteiger partial charge in [0.05, 0.1) is 5.60 Å². The molecule has 1 atom stereocenters. The summed E-state index contributed by atoms with van der Waals surface area (Å²) in [7, 11) is -4.49. The van der Waals surface area contributed by atoms with E-state index in [2.05, 4.69) is 27.7 Å². The Morgan fingerprint density at radius 3 is 1.76 bits per heavy atom. The Labute approximate surface area is 130 Å². The fourth-order valence-corrected chi connectivity index (χ4v) is 4.08. The second-order valence-electron chi connectivity index (χ2n) is 6.73. The molecule has 21 heavy (non-hydrogen) atoms. The van der Waals surface area contributed by atoms with Crippen LogP contribution in [0.4, 0.5) is 0 Å². The van der Waals surface area contributed by atoms with Gasteiger partial charge in [-0.1, -0.05) is 73.1 Å². The zero-order valence-corrected chi connectivity index (χ0v) is 15.4. The SMILES string of the molecule is CCCCCC(C)(C)C(CC)(CCCCC)OP(=O)(O)O. The van der Waals surface area contributed by atoms with Crippen LogP contribution < -0.4 is 0 Å². The minimum Gasteiger partial charge on any atom is -0.303 e. The predicted molar refractivity (Wildman–Crippen MR) is 88.2 cm³/mol. The lowest BCUT2D eigenvalue weighted by Gasteiger charge is -2.46. The van der Waals surface area contributed by atoms with Crippen LogP contribution in [0.1, 0.15) is 92.4 Å². The molecule has 0 heterocycles. The Kier molecular flexibility index (Phi) is 9.34. The molecule has 0 amide bonds. The maximum absolute atomic E-state index is 11.5. The lowest BCUT2D eigenvalue weighted by atomic mass is 9.68. The Balaban J connectivity index is 5.17. The normalized spacial score (nSPS) is 16.0. The highest BCUT2D eigenvalue weighted by atomic mass is 31.2. The monoisotopic (exact) mass is 322 g/mol. The predicted octanol–water partition coefficient (Wildman–Crippen LogP) is 5.43. The van der Waals surface area contributed by atoms with Crippen molar-refractivity contribution < 1.29 is 18.9 Å². The Morgan fingerprint density at radius 1 is 0.905 bits per heavy atom. The van der Waals surface area contributed by atoms with Crippen molar-refractivity contribution in [3.05, 3.63) is 0 Å². The molecule has 0 aromatic rings. The van der Waals surface area contributed by atoms with Crippen LogP contribution in [-0.2, 0) is 9.09 Å². The summed E-state index contributed by atoms with van der Waals surface area (Å²) in [5.74, 6) is 0. The number of phosphoric acid groups is 1. The van der Waals surface area contributed by atoms with Crippen molar-refractivity contribution in [1.82, 2.24) is 0 Å². The number of phosphoric ester groups is 1. The first-order valence-electron chi connectivity index (χ1n) is 8.40. The average molecular weight is 322 g/mol. The van der Waals surface area contributed by atoms with Gasteiger partial charge in [0.15, 0.2) is 0 Å². The van der Waals surface area contributed by atoms with Gasteiger partial charge in [-0.05, 0) is 24.7 Å². The van der Waals surface area contributed by atoms with Crippen LogP contribution in [0.5, 0.6) is 0 Å². The van der Waals surface area contributed by atoms with Crippen molar-refractivity contribution in [3.63, 3.8) is 0 Å². The highest BCUT2D eigenvalue weighted by Crippen LogP contribution is 2.53. The Morgan fingerprint density at radius 2 is 1.38 bits per heavy atom. The van der Waals surface area contributed by atoms with Gasteiger partial charge < -0.3 is 9.79 Å². The minimum atomic E-state index is -4.49. The van der Waals surface area contributed by atoms with Crippen molar-refractivity contribution in [2.45, 2.75) is 98.0 Å². The van der Waals surface area contributed by atoms with Crippen LogP contribution in [0.15, 0.2) is 0 Å². The zero-order valence-electron chi connectivity index (χ0n) is 14.5. The molecule has 1 unspecified atom stereocenters. The first kappa shape index (κ1) is 21.1. The summed E-state index contributed by atoms with van der Waals surface area (Å²) in [6.45, 7) is 10.4. The molecule has 4 nitrogen and oxygen atoms in total. The van der Waals surface area contributed by atoms with Crippen LogP contribution in [0, 0.1) is 5.41 Å². The molecule has 0 saturated heterocycles. The molecule has 0 bridgehead atoms. The summed E-state index contributed by atoms with van der Waals surface area (Å²) in [6.07, 6.45) is 8.73. The molecular formula is C16H35O4P. The fraction of sp³-hybridized carbons (Fsp3) is 1.00. The second-order valence-corrected chi connectivity index (χ2v) is 7.89. The van der Waals surface area contributed by atoms with Crippen molar-refractivity contribution in [2.75, 3.05) is 0 Å². The van der Waals surface area contributed by atoms with Crippen molar-refractivity contribution in [1.29, 1.82) is 0 Å². The number of hydrogen-bond acceptors (Lipinski definition) is 2. The molecule has 128 valence electrons. The van der Waals surface area contributed by atoms with E-state index in [1.807, 2.05) is 6.92 Å². The molecule has 0 radical (unpaired) electrons. The van der Waals surface area contributed by atoms with Gasteiger partial charge in [-0.3, -0.25) is 4.52 Å². The molecule has 0 aromatic carbocycles. The summed E-state index contributed by atoms with van der Waals surface area (Å²) in [5, 5.41) is 0. The van der Waals surface area contributed by atoms with Crippen LogP contribution in [-0.4, -0.2) is 15.4 Å². The Hall–Kier alpha value is 0.110. The molecule has 0 spiro atoms. The average Bonchev–Trinajstić information content (AvgIpc) is 2.36. The number of hydrogen-bond donors (Lipinski definition) is 2. The second kappa shape index (κ2) is 9.29. The minimum absolute atomic E-state index is 0.244. The first-order chi connectivity index (χ1) is 9.64. The summed E-state index contributed by atoms with van der Waals surface area (Å²) < 4.78 is 16.9. The highest BCUT2D eigenvalue weighted by molar-refractivity contribution is 7.46. The molecule has 0 aromatic heterocycles. The van der Waals surface area contributed by atoms with Crippen molar-refractivity contribution in [2.24, 2.45) is 5.41 Å². The van der Waals surface area contributed by atoms with Crippen molar-refractivity contribution in [3.8, 4) is 0 Å². The number of unbranched alkanes of at least 4 members (excludes halogenated alkanes) is 4. The van der Waals surface area contributed by atoms with E-state index in [9.17, 15) is 14.4 Å². The molecular weight excluding hydrogens is 287 g/mol. The van der Waals surface area contributed by atoms with E-state index >= 15 is 0 Å². The molecule has 0 aliphatic rings. The lowest BCUT2D eigenvalue weighted by Crippen LogP contribution is -2.46. The van der Waals surface area contributed by atoms with Gasteiger partial charge >= 0.3 is 7.82 Å².